The fourth-order valence-corrected chi connectivity index (χ4v) is 1.95. The van der Waals surface area contributed by atoms with Gasteiger partial charge in [0.05, 0.1) is 5.75 Å². The predicted molar refractivity (Wildman–Crippen MR) is 66.2 cm³/mol. The molecule has 5 nitrogen and oxygen atoms in total. The zero-order chi connectivity index (χ0) is 12.2. The first-order valence-corrected chi connectivity index (χ1v) is 6.98. The van der Waals surface area contributed by atoms with Gasteiger partial charge in [0.2, 0.25) is 5.91 Å². The molecule has 0 spiro atoms. The van der Waals surface area contributed by atoms with Gasteiger partial charge < -0.3 is 5.32 Å². The van der Waals surface area contributed by atoms with Crippen molar-refractivity contribution in [3.05, 3.63) is 30.1 Å². The number of rotatable bonds is 4. The third-order valence-electron chi connectivity index (χ3n) is 1.47. The Bertz CT molecular complexity index is 477. The topological polar surface area (TPSA) is 83.5 Å². The molecule has 0 aliphatic heterocycles. The Morgan fingerprint density at radius 3 is 2.35 bits per heavy atom. The number of carbonyl (C=O) groups is 1. The number of hydrogen-bond acceptors (Lipinski definition) is 4. The zero-order valence-corrected chi connectivity index (χ0v) is 9.52. The Hall–Kier alpha value is -0.120. The number of amides is 1. The summed E-state index contributed by atoms with van der Waals surface area (Å²) >= 11 is 0. The number of carbonyl (C=O) groups excluding carboxylic acids is 1. The first-order chi connectivity index (χ1) is 7.37. The van der Waals surface area contributed by atoms with Gasteiger partial charge in [0.15, 0.2) is 0 Å². The van der Waals surface area contributed by atoms with E-state index in [2.05, 4.69) is 5.32 Å². The van der Waals surface area contributed by atoms with Crippen molar-refractivity contribution in [3.8, 4) is 0 Å². The molecule has 9 heteroatoms. The number of hydrogen-bond donors (Lipinski definition) is 2. The summed E-state index contributed by atoms with van der Waals surface area (Å²) < 4.78 is 41.5. The van der Waals surface area contributed by atoms with E-state index in [-0.39, 0.29) is 40.4 Å². The summed E-state index contributed by atoms with van der Waals surface area (Å²) in [5.74, 6) is -1.48. The van der Waals surface area contributed by atoms with Crippen LogP contribution in [-0.4, -0.2) is 54.2 Å². The molecule has 1 rings (SSSR count). The molecule has 0 radical (unpaired) electrons. The molecule has 2 N–H and O–H groups in total. The second-order valence-electron chi connectivity index (χ2n) is 2.74. The number of anilines is 1. The summed E-state index contributed by atoms with van der Waals surface area (Å²) in [6, 6.07) is 4.99. The fraction of sp³-hybridized carbons (Fsp3) is 0.125. The summed E-state index contributed by atoms with van der Waals surface area (Å²) in [6.45, 7) is 0. The molecule has 0 unspecified atom stereocenters. The average Bonchev–Trinajstić information content (AvgIpc) is 2.18. The third-order valence-corrected chi connectivity index (χ3v) is 3.39. The Morgan fingerprint density at radius 1 is 1.35 bits per heavy atom. The third kappa shape index (κ3) is 7.74. The molecule has 1 aromatic rings. The van der Waals surface area contributed by atoms with Crippen molar-refractivity contribution in [1.29, 1.82) is 0 Å². The second kappa shape index (κ2) is 7.34. The molecule has 0 aliphatic rings. The summed E-state index contributed by atoms with van der Waals surface area (Å²) in [5, 5.41) is 2.34. The molecule has 1 aromatic carbocycles. The van der Waals surface area contributed by atoms with Gasteiger partial charge in [-0.05, 0) is 24.3 Å². The molecule has 17 heavy (non-hydrogen) atoms. The van der Waals surface area contributed by atoms with E-state index >= 15 is 0 Å². The van der Waals surface area contributed by atoms with Crippen LogP contribution in [0.5, 0.6) is 0 Å². The van der Waals surface area contributed by atoms with E-state index in [1.807, 2.05) is 0 Å². The monoisotopic (exact) mass is 289 g/mol. The standard InChI is InChI=1S/C8H8FNO4S2.Na.H/c9-6-1-3-7(4-2-6)10-8(11)5-15-16(12,13)14;;/h1-4H,5H2,(H,10,11)(H,12,13,14);;. The van der Waals surface area contributed by atoms with E-state index in [0.717, 1.165) is 12.1 Å². The van der Waals surface area contributed by atoms with Crippen LogP contribution in [0.3, 0.4) is 0 Å². The Morgan fingerprint density at radius 2 is 1.88 bits per heavy atom. The van der Waals surface area contributed by atoms with Crippen LogP contribution in [0.15, 0.2) is 24.3 Å². The van der Waals surface area contributed by atoms with Crippen LogP contribution >= 0.6 is 10.8 Å². The number of benzene rings is 1. The first kappa shape index (κ1) is 16.9. The van der Waals surface area contributed by atoms with Crippen molar-refractivity contribution in [2.24, 2.45) is 0 Å². The van der Waals surface area contributed by atoms with Crippen molar-refractivity contribution in [2.45, 2.75) is 0 Å². The van der Waals surface area contributed by atoms with Crippen molar-refractivity contribution >= 4 is 61.1 Å². The molecule has 90 valence electrons. The molecule has 0 heterocycles. The molecule has 0 atom stereocenters. The fourth-order valence-electron chi connectivity index (χ4n) is 0.858. The second-order valence-corrected chi connectivity index (χ2v) is 6.10. The minimum absolute atomic E-state index is 0. The van der Waals surface area contributed by atoms with Crippen LogP contribution in [0.2, 0.25) is 0 Å². The van der Waals surface area contributed by atoms with Crippen LogP contribution in [0.1, 0.15) is 0 Å². The average molecular weight is 289 g/mol. The summed E-state index contributed by atoms with van der Waals surface area (Å²) in [6.07, 6.45) is 0. The van der Waals surface area contributed by atoms with Gasteiger partial charge in [-0.25, -0.2) is 4.39 Å². The van der Waals surface area contributed by atoms with Crippen LogP contribution in [0.25, 0.3) is 0 Å². The number of nitrogens with one attached hydrogen (secondary N) is 1. The zero-order valence-electron chi connectivity index (χ0n) is 7.88. The maximum atomic E-state index is 12.5. The van der Waals surface area contributed by atoms with Crippen molar-refractivity contribution < 1.29 is 22.2 Å². The van der Waals surface area contributed by atoms with E-state index in [0.29, 0.717) is 5.69 Å². The van der Waals surface area contributed by atoms with Gasteiger partial charge in [-0.15, -0.1) is 0 Å². The normalized spacial score (nSPS) is 10.5. The van der Waals surface area contributed by atoms with E-state index in [1.165, 1.54) is 12.1 Å². The molecule has 0 aliphatic carbocycles. The maximum absolute atomic E-state index is 12.5. The SMILES string of the molecule is O=C(CSS(=O)(=O)O)Nc1ccc(F)cc1.[NaH]. The van der Waals surface area contributed by atoms with Gasteiger partial charge in [-0.1, -0.05) is 0 Å². The Kier molecular flexibility index (Phi) is 7.29. The Labute approximate surface area is 124 Å². The van der Waals surface area contributed by atoms with Crippen molar-refractivity contribution in [2.75, 3.05) is 11.1 Å². The van der Waals surface area contributed by atoms with Crippen LogP contribution in [-0.2, 0) is 13.9 Å². The van der Waals surface area contributed by atoms with Crippen LogP contribution in [0.4, 0.5) is 10.1 Å². The molecular weight excluding hydrogens is 280 g/mol. The molecule has 0 saturated heterocycles. The molecule has 0 fully saturated rings. The van der Waals surface area contributed by atoms with Crippen molar-refractivity contribution in [3.63, 3.8) is 0 Å². The van der Waals surface area contributed by atoms with E-state index < -0.39 is 26.6 Å². The van der Waals surface area contributed by atoms with Crippen molar-refractivity contribution in [1.82, 2.24) is 0 Å². The molecule has 1 amide bonds. The summed E-state index contributed by atoms with van der Waals surface area (Å²) in [5.41, 5.74) is 0.349. The van der Waals surface area contributed by atoms with Gasteiger partial charge >= 0.3 is 38.7 Å². The van der Waals surface area contributed by atoms with Gasteiger partial charge in [-0.2, -0.15) is 8.42 Å². The summed E-state index contributed by atoms with van der Waals surface area (Å²) in [4.78, 5) is 11.1. The molecule has 0 saturated carbocycles. The van der Waals surface area contributed by atoms with Crippen LogP contribution < -0.4 is 5.32 Å². The van der Waals surface area contributed by atoms with E-state index in [4.69, 9.17) is 4.55 Å². The minimum atomic E-state index is -4.22. The molecular formula is C8H9FNNaO4S2. The van der Waals surface area contributed by atoms with Gasteiger partial charge in [-0.3, -0.25) is 9.35 Å². The first-order valence-electron chi connectivity index (χ1n) is 4.04. The van der Waals surface area contributed by atoms with Gasteiger partial charge in [0.1, 0.15) is 5.82 Å². The van der Waals surface area contributed by atoms with Gasteiger partial charge in [0, 0.05) is 16.5 Å². The Balaban J connectivity index is 0.00000256. The molecule has 0 bridgehead atoms. The molecule has 0 aromatic heterocycles. The predicted octanol–water partition coefficient (Wildman–Crippen LogP) is 0.652. The van der Waals surface area contributed by atoms with Crippen LogP contribution in [0, 0.1) is 5.82 Å². The number of halogens is 1. The summed E-state index contributed by atoms with van der Waals surface area (Å²) in [7, 11) is -4.12. The van der Waals surface area contributed by atoms with E-state index in [1.54, 1.807) is 0 Å². The quantitative estimate of drug-likeness (QED) is 0.483. The van der Waals surface area contributed by atoms with E-state index in [9.17, 15) is 17.6 Å². The van der Waals surface area contributed by atoms with Gasteiger partial charge in [0.25, 0.3) is 0 Å².